The first-order valence-corrected chi connectivity index (χ1v) is 11.3. The average molecular weight is 428 g/mol. The number of esters is 1. The number of ether oxygens (including phenoxy) is 1. The second-order valence-electron chi connectivity index (χ2n) is 8.35. The van der Waals surface area contributed by atoms with E-state index in [9.17, 15) is 9.59 Å². The Balaban J connectivity index is 1.70. The summed E-state index contributed by atoms with van der Waals surface area (Å²) in [6.07, 6.45) is 8.45. The summed E-state index contributed by atoms with van der Waals surface area (Å²) in [4.78, 5) is 27.1. The number of fused-ring (bicyclic) bond motifs is 1. The molecule has 0 atom stereocenters. The Morgan fingerprint density at radius 1 is 0.969 bits per heavy atom. The standard InChI is InChI=1S/C28H29NO3/c1-32-27(30)18-17-21-9-7-15-25(19-21)29(28(31)23-11-3-2-4-12-23)20-24-14-8-13-22-10-5-6-16-26(22)24/h5-10,13-19,23H,2-4,11-12,20H2,1H3/b18-17+. The van der Waals surface area contributed by atoms with E-state index in [2.05, 4.69) is 30.3 Å². The molecule has 4 heteroatoms. The van der Waals surface area contributed by atoms with Gasteiger partial charge in [-0.25, -0.2) is 4.79 Å². The van der Waals surface area contributed by atoms with Gasteiger partial charge in [-0.15, -0.1) is 0 Å². The molecule has 4 rings (SSSR count). The van der Waals surface area contributed by atoms with Gasteiger partial charge in [0.15, 0.2) is 0 Å². The molecule has 1 amide bonds. The van der Waals surface area contributed by atoms with Crippen LogP contribution in [0.2, 0.25) is 0 Å². The number of nitrogens with zero attached hydrogens (tertiary/aromatic N) is 1. The Labute approximate surface area is 189 Å². The summed E-state index contributed by atoms with van der Waals surface area (Å²) in [5.41, 5.74) is 2.83. The van der Waals surface area contributed by atoms with Crippen molar-refractivity contribution in [1.29, 1.82) is 0 Å². The molecule has 0 unspecified atom stereocenters. The highest BCUT2D eigenvalue weighted by atomic mass is 16.5. The van der Waals surface area contributed by atoms with Crippen molar-refractivity contribution in [2.24, 2.45) is 5.92 Å². The lowest BCUT2D eigenvalue weighted by molar-refractivity contribution is -0.134. The minimum atomic E-state index is -0.402. The molecular weight excluding hydrogens is 398 g/mol. The van der Waals surface area contributed by atoms with Crippen molar-refractivity contribution >= 4 is 34.4 Å². The number of carbonyl (C=O) groups is 2. The summed E-state index contributed by atoms with van der Waals surface area (Å²) in [6.45, 7) is 0.515. The first-order valence-electron chi connectivity index (χ1n) is 11.3. The second kappa shape index (κ2) is 10.3. The molecule has 0 heterocycles. The summed E-state index contributed by atoms with van der Waals surface area (Å²) in [7, 11) is 1.36. The fourth-order valence-electron chi connectivity index (χ4n) is 4.50. The normalized spacial score (nSPS) is 14.5. The van der Waals surface area contributed by atoms with Crippen LogP contribution in [0.5, 0.6) is 0 Å². The van der Waals surface area contributed by atoms with Crippen LogP contribution in [0, 0.1) is 5.92 Å². The molecule has 0 bridgehead atoms. The van der Waals surface area contributed by atoms with Crippen molar-refractivity contribution in [3.8, 4) is 0 Å². The maximum atomic E-state index is 13.7. The van der Waals surface area contributed by atoms with Crippen LogP contribution in [0.25, 0.3) is 16.8 Å². The van der Waals surface area contributed by atoms with E-state index < -0.39 is 5.97 Å². The van der Waals surface area contributed by atoms with Crippen LogP contribution in [-0.4, -0.2) is 19.0 Å². The summed E-state index contributed by atoms with van der Waals surface area (Å²) in [5, 5.41) is 2.34. The van der Waals surface area contributed by atoms with E-state index in [0.717, 1.165) is 47.9 Å². The third-order valence-corrected chi connectivity index (χ3v) is 6.22. The predicted octanol–water partition coefficient (Wildman–Crippen LogP) is 6.14. The number of anilines is 1. The molecule has 1 saturated carbocycles. The largest absolute Gasteiger partial charge is 0.466 e. The van der Waals surface area contributed by atoms with Gasteiger partial charge in [0.05, 0.1) is 13.7 Å². The van der Waals surface area contributed by atoms with Crippen molar-refractivity contribution in [1.82, 2.24) is 0 Å². The van der Waals surface area contributed by atoms with Gasteiger partial charge in [0.1, 0.15) is 0 Å². The van der Waals surface area contributed by atoms with Crippen LogP contribution in [0.4, 0.5) is 5.69 Å². The van der Waals surface area contributed by atoms with Gasteiger partial charge < -0.3 is 9.64 Å². The molecule has 0 aromatic heterocycles. The molecule has 3 aromatic rings. The Morgan fingerprint density at radius 3 is 2.53 bits per heavy atom. The minimum absolute atomic E-state index is 0.0630. The van der Waals surface area contributed by atoms with Crippen molar-refractivity contribution in [3.63, 3.8) is 0 Å². The van der Waals surface area contributed by atoms with E-state index in [1.54, 1.807) is 6.08 Å². The Hall–Kier alpha value is -3.40. The maximum Gasteiger partial charge on any atom is 0.330 e. The van der Waals surface area contributed by atoms with Gasteiger partial charge in [0.25, 0.3) is 0 Å². The van der Waals surface area contributed by atoms with Gasteiger partial charge in [0.2, 0.25) is 5.91 Å². The highest BCUT2D eigenvalue weighted by Crippen LogP contribution is 2.30. The molecule has 1 aliphatic rings. The molecule has 32 heavy (non-hydrogen) atoms. The second-order valence-corrected chi connectivity index (χ2v) is 8.35. The topological polar surface area (TPSA) is 46.6 Å². The highest BCUT2D eigenvalue weighted by Gasteiger charge is 2.27. The van der Waals surface area contributed by atoms with Gasteiger partial charge in [-0.3, -0.25) is 4.79 Å². The molecule has 0 N–H and O–H groups in total. The lowest BCUT2D eigenvalue weighted by Crippen LogP contribution is -2.36. The van der Waals surface area contributed by atoms with Crippen molar-refractivity contribution < 1.29 is 14.3 Å². The molecule has 0 saturated heterocycles. The molecule has 3 aromatic carbocycles. The fourth-order valence-corrected chi connectivity index (χ4v) is 4.50. The number of hydrogen-bond donors (Lipinski definition) is 0. The number of methoxy groups -OCH3 is 1. The number of amides is 1. The first-order chi connectivity index (χ1) is 15.7. The third kappa shape index (κ3) is 5.08. The number of carbonyl (C=O) groups excluding carboxylic acids is 2. The Kier molecular flexibility index (Phi) is 7.00. The zero-order chi connectivity index (χ0) is 22.3. The molecule has 1 aliphatic carbocycles. The fraction of sp³-hybridized carbons (Fsp3) is 0.286. The van der Waals surface area contributed by atoms with Gasteiger partial charge >= 0.3 is 5.97 Å². The summed E-state index contributed by atoms with van der Waals surface area (Å²) in [5.74, 6) is -0.152. The monoisotopic (exact) mass is 427 g/mol. The highest BCUT2D eigenvalue weighted by molar-refractivity contribution is 5.96. The molecule has 164 valence electrons. The first kappa shape index (κ1) is 21.8. The van der Waals surface area contributed by atoms with E-state index in [1.165, 1.54) is 25.0 Å². The lowest BCUT2D eigenvalue weighted by Gasteiger charge is -2.30. The third-order valence-electron chi connectivity index (χ3n) is 6.22. The molecule has 0 radical (unpaired) electrons. The zero-order valence-electron chi connectivity index (χ0n) is 18.5. The Bertz CT molecular complexity index is 1120. The van der Waals surface area contributed by atoms with Gasteiger partial charge in [-0.1, -0.05) is 73.9 Å². The van der Waals surface area contributed by atoms with Gasteiger partial charge in [-0.2, -0.15) is 0 Å². The van der Waals surface area contributed by atoms with Crippen LogP contribution in [0.15, 0.2) is 72.8 Å². The Morgan fingerprint density at radius 2 is 1.72 bits per heavy atom. The molecular formula is C28H29NO3. The van der Waals surface area contributed by atoms with Crippen molar-refractivity contribution in [3.05, 3.63) is 83.9 Å². The summed E-state index contributed by atoms with van der Waals surface area (Å²) >= 11 is 0. The minimum Gasteiger partial charge on any atom is -0.466 e. The van der Waals surface area contributed by atoms with Crippen LogP contribution in [-0.2, 0) is 20.9 Å². The van der Waals surface area contributed by atoms with E-state index >= 15 is 0 Å². The molecule has 4 nitrogen and oxygen atoms in total. The predicted molar refractivity (Wildman–Crippen MR) is 129 cm³/mol. The van der Waals surface area contributed by atoms with Gasteiger partial charge in [0, 0.05) is 17.7 Å². The number of hydrogen-bond acceptors (Lipinski definition) is 3. The average Bonchev–Trinajstić information content (AvgIpc) is 2.86. The molecule has 0 aliphatic heterocycles. The zero-order valence-corrected chi connectivity index (χ0v) is 18.5. The van der Waals surface area contributed by atoms with Crippen LogP contribution >= 0.6 is 0 Å². The molecule has 0 spiro atoms. The lowest BCUT2D eigenvalue weighted by atomic mass is 9.88. The van der Waals surface area contributed by atoms with Gasteiger partial charge in [-0.05, 0) is 52.9 Å². The maximum absolute atomic E-state index is 13.7. The van der Waals surface area contributed by atoms with E-state index in [1.807, 2.05) is 41.3 Å². The van der Waals surface area contributed by atoms with E-state index in [0.29, 0.717) is 6.54 Å². The smallest absolute Gasteiger partial charge is 0.330 e. The summed E-state index contributed by atoms with van der Waals surface area (Å²) in [6, 6.07) is 22.3. The van der Waals surface area contributed by atoms with Crippen molar-refractivity contribution in [2.45, 2.75) is 38.6 Å². The van der Waals surface area contributed by atoms with E-state index in [-0.39, 0.29) is 11.8 Å². The molecule has 1 fully saturated rings. The number of rotatable bonds is 6. The van der Waals surface area contributed by atoms with Crippen LogP contribution in [0.3, 0.4) is 0 Å². The van der Waals surface area contributed by atoms with Crippen LogP contribution in [0.1, 0.15) is 43.2 Å². The quantitative estimate of drug-likeness (QED) is 0.351. The summed E-state index contributed by atoms with van der Waals surface area (Å²) < 4.78 is 4.70. The SMILES string of the molecule is COC(=O)/C=C/c1cccc(N(Cc2cccc3ccccc23)C(=O)C2CCCCC2)c1. The van der Waals surface area contributed by atoms with E-state index in [4.69, 9.17) is 4.74 Å². The van der Waals surface area contributed by atoms with Crippen LogP contribution < -0.4 is 4.90 Å². The number of benzene rings is 3. The van der Waals surface area contributed by atoms with Crippen molar-refractivity contribution in [2.75, 3.05) is 12.0 Å².